The Labute approximate surface area is 147 Å². The molecule has 0 bridgehead atoms. The first-order valence-corrected chi connectivity index (χ1v) is 9.56. The van der Waals surface area contributed by atoms with Crippen molar-refractivity contribution in [1.82, 2.24) is 8.87 Å². The first kappa shape index (κ1) is 17.6. The van der Waals surface area contributed by atoms with Crippen molar-refractivity contribution in [2.45, 2.75) is 37.6 Å². The number of aryl methyl sites for hydroxylation is 2. The fourth-order valence-electron chi connectivity index (χ4n) is 3.45. The minimum atomic E-state index is -3.82. The van der Waals surface area contributed by atoms with E-state index in [1.807, 2.05) is 29.9 Å². The maximum absolute atomic E-state index is 13.3. The van der Waals surface area contributed by atoms with Crippen molar-refractivity contribution in [1.29, 1.82) is 0 Å². The van der Waals surface area contributed by atoms with Crippen LogP contribution in [0.2, 0.25) is 0 Å². The van der Waals surface area contributed by atoms with Gasteiger partial charge in [-0.25, -0.2) is 8.42 Å². The third kappa shape index (κ3) is 2.96. The van der Waals surface area contributed by atoms with Gasteiger partial charge in [0, 0.05) is 37.6 Å². The van der Waals surface area contributed by atoms with Gasteiger partial charge >= 0.3 is 0 Å². The van der Waals surface area contributed by atoms with Crippen LogP contribution in [0.3, 0.4) is 0 Å². The number of sulfonamides is 1. The van der Waals surface area contributed by atoms with Crippen LogP contribution in [0.4, 0.5) is 5.69 Å². The van der Waals surface area contributed by atoms with E-state index < -0.39 is 14.9 Å². The third-order valence-electron chi connectivity index (χ3n) is 4.93. The molecule has 1 unspecified atom stereocenters. The number of nitrogens with zero attached hydrogens (tertiary/aromatic N) is 3. The lowest BCUT2D eigenvalue weighted by atomic mass is 10.1. The fourth-order valence-corrected chi connectivity index (χ4v) is 5.44. The van der Waals surface area contributed by atoms with Crippen LogP contribution in [-0.4, -0.2) is 28.8 Å². The smallest absolute Gasteiger partial charge is 0.271 e. The first-order chi connectivity index (χ1) is 11.7. The molecule has 134 valence electrons. The molecule has 2 heterocycles. The van der Waals surface area contributed by atoms with Crippen molar-refractivity contribution in [3.05, 3.63) is 57.4 Å². The molecule has 8 heteroatoms. The summed E-state index contributed by atoms with van der Waals surface area (Å²) in [4.78, 5) is 10.6. The predicted molar refractivity (Wildman–Crippen MR) is 93.9 cm³/mol. The van der Waals surface area contributed by atoms with Gasteiger partial charge in [-0.3, -0.25) is 10.1 Å². The highest BCUT2D eigenvalue weighted by Crippen LogP contribution is 2.38. The number of hydrogen-bond donors (Lipinski definition) is 0. The highest BCUT2D eigenvalue weighted by atomic mass is 32.2. The van der Waals surface area contributed by atoms with Gasteiger partial charge in [-0.2, -0.15) is 4.31 Å². The minimum Gasteiger partial charge on any atom is -0.353 e. The van der Waals surface area contributed by atoms with Crippen LogP contribution in [0.5, 0.6) is 0 Å². The molecule has 1 saturated heterocycles. The van der Waals surface area contributed by atoms with E-state index in [9.17, 15) is 18.5 Å². The van der Waals surface area contributed by atoms with Gasteiger partial charge in [-0.1, -0.05) is 0 Å². The van der Waals surface area contributed by atoms with Crippen LogP contribution in [0.1, 0.15) is 35.7 Å². The van der Waals surface area contributed by atoms with Crippen LogP contribution in [0, 0.1) is 24.0 Å². The lowest BCUT2D eigenvalue weighted by Gasteiger charge is -2.25. The second-order valence-electron chi connectivity index (χ2n) is 6.46. The molecule has 1 aromatic heterocycles. The predicted octanol–water partition coefficient (Wildman–Crippen LogP) is 3.08. The summed E-state index contributed by atoms with van der Waals surface area (Å²) in [6, 6.07) is 6.15. The second kappa shape index (κ2) is 6.27. The van der Waals surface area contributed by atoms with Crippen molar-refractivity contribution in [3.63, 3.8) is 0 Å². The van der Waals surface area contributed by atoms with Crippen molar-refractivity contribution >= 4 is 15.7 Å². The van der Waals surface area contributed by atoms with Gasteiger partial charge in [0.2, 0.25) is 10.0 Å². The number of nitro groups is 1. The Bertz CT molecular complexity index is 933. The summed E-state index contributed by atoms with van der Waals surface area (Å²) in [6.45, 7) is 3.80. The average molecular weight is 363 g/mol. The summed E-state index contributed by atoms with van der Waals surface area (Å²) in [6.07, 6.45) is 3.40. The zero-order valence-electron chi connectivity index (χ0n) is 14.5. The fraction of sp³-hybridized carbons (Fsp3) is 0.412. The minimum absolute atomic E-state index is 0.0281. The Morgan fingerprint density at radius 2 is 2.00 bits per heavy atom. The molecule has 25 heavy (non-hydrogen) atoms. The Kier molecular flexibility index (Phi) is 4.42. The molecule has 1 fully saturated rings. The highest BCUT2D eigenvalue weighted by molar-refractivity contribution is 7.89. The Balaban J connectivity index is 2.10. The number of aromatic nitrogens is 1. The van der Waals surface area contributed by atoms with Crippen molar-refractivity contribution in [2.75, 3.05) is 6.54 Å². The van der Waals surface area contributed by atoms with E-state index in [1.54, 1.807) is 13.8 Å². The number of non-ortho nitro benzene ring substituents is 1. The molecule has 0 N–H and O–H groups in total. The van der Waals surface area contributed by atoms with E-state index in [1.165, 1.54) is 16.4 Å². The zero-order valence-corrected chi connectivity index (χ0v) is 15.3. The van der Waals surface area contributed by atoms with Crippen molar-refractivity contribution in [3.8, 4) is 0 Å². The normalized spacial score (nSPS) is 18.6. The van der Waals surface area contributed by atoms with E-state index in [0.717, 1.165) is 18.5 Å². The molecule has 1 atom stereocenters. The molecular formula is C17H21N3O4S. The molecule has 1 aliphatic rings. The molecular weight excluding hydrogens is 342 g/mol. The quantitative estimate of drug-likeness (QED) is 0.617. The van der Waals surface area contributed by atoms with Crippen LogP contribution < -0.4 is 0 Å². The van der Waals surface area contributed by atoms with Gasteiger partial charge < -0.3 is 4.57 Å². The molecule has 0 saturated carbocycles. The molecule has 2 aromatic rings. The summed E-state index contributed by atoms with van der Waals surface area (Å²) in [5.74, 6) is 0. The van der Waals surface area contributed by atoms with Crippen LogP contribution >= 0.6 is 0 Å². The van der Waals surface area contributed by atoms with E-state index >= 15 is 0 Å². The highest BCUT2D eigenvalue weighted by Gasteiger charge is 2.38. The monoisotopic (exact) mass is 363 g/mol. The lowest BCUT2D eigenvalue weighted by molar-refractivity contribution is -0.385. The molecule has 1 aromatic carbocycles. The lowest BCUT2D eigenvalue weighted by Crippen LogP contribution is -2.32. The van der Waals surface area contributed by atoms with Crippen LogP contribution in [-0.2, 0) is 17.1 Å². The summed E-state index contributed by atoms with van der Waals surface area (Å²) in [5, 5.41) is 11.2. The molecule has 0 amide bonds. The molecule has 0 radical (unpaired) electrons. The summed E-state index contributed by atoms with van der Waals surface area (Å²) in [5.41, 5.74) is 1.89. The molecule has 1 aliphatic heterocycles. The molecule has 0 spiro atoms. The average Bonchev–Trinajstić information content (AvgIpc) is 3.17. The zero-order chi connectivity index (χ0) is 18.4. The topological polar surface area (TPSA) is 85.4 Å². The largest absolute Gasteiger partial charge is 0.353 e. The summed E-state index contributed by atoms with van der Waals surface area (Å²) < 4.78 is 30.0. The SMILES string of the molecule is Cc1cc([N+](=O)[O-])cc(S(=O)(=O)N2CCCC2c2cccn2C)c1C. The van der Waals surface area contributed by atoms with E-state index in [-0.39, 0.29) is 16.6 Å². The second-order valence-corrected chi connectivity index (χ2v) is 8.32. The van der Waals surface area contributed by atoms with Gasteiger partial charge in [0.15, 0.2) is 0 Å². The van der Waals surface area contributed by atoms with E-state index in [4.69, 9.17) is 0 Å². The van der Waals surface area contributed by atoms with Gasteiger partial charge in [-0.15, -0.1) is 0 Å². The first-order valence-electron chi connectivity index (χ1n) is 8.12. The number of hydrogen-bond acceptors (Lipinski definition) is 4. The van der Waals surface area contributed by atoms with Gasteiger partial charge in [-0.05, 0) is 49.9 Å². The third-order valence-corrected chi connectivity index (χ3v) is 6.97. The van der Waals surface area contributed by atoms with Gasteiger partial charge in [0.25, 0.3) is 5.69 Å². The molecule has 3 rings (SSSR count). The van der Waals surface area contributed by atoms with E-state index in [0.29, 0.717) is 17.7 Å². The summed E-state index contributed by atoms with van der Waals surface area (Å²) >= 11 is 0. The van der Waals surface area contributed by atoms with E-state index in [2.05, 4.69) is 0 Å². The number of rotatable bonds is 4. The van der Waals surface area contributed by atoms with Crippen LogP contribution in [0.25, 0.3) is 0 Å². The Morgan fingerprint density at radius 3 is 2.60 bits per heavy atom. The van der Waals surface area contributed by atoms with Gasteiger partial charge in [0.05, 0.1) is 15.9 Å². The van der Waals surface area contributed by atoms with Crippen molar-refractivity contribution < 1.29 is 13.3 Å². The maximum atomic E-state index is 13.3. The van der Waals surface area contributed by atoms with Crippen molar-refractivity contribution in [2.24, 2.45) is 7.05 Å². The Hall–Kier alpha value is -2.19. The number of nitro benzene ring substituents is 1. The van der Waals surface area contributed by atoms with Gasteiger partial charge in [0.1, 0.15) is 0 Å². The van der Waals surface area contributed by atoms with Crippen LogP contribution in [0.15, 0.2) is 35.4 Å². The maximum Gasteiger partial charge on any atom is 0.271 e. The number of benzene rings is 1. The standard InChI is InChI=1S/C17H21N3O4S/c1-12-10-14(20(21)22)11-17(13(12)2)25(23,24)19-9-5-7-16(19)15-6-4-8-18(15)3/h4,6,8,10-11,16H,5,7,9H2,1-3H3. The Morgan fingerprint density at radius 1 is 1.28 bits per heavy atom. The summed E-state index contributed by atoms with van der Waals surface area (Å²) in [7, 11) is -1.93. The molecule has 7 nitrogen and oxygen atoms in total. The molecule has 0 aliphatic carbocycles.